The molecule has 0 saturated heterocycles. The highest BCUT2D eigenvalue weighted by molar-refractivity contribution is 5.29. The van der Waals surface area contributed by atoms with Crippen molar-refractivity contribution in [2.45, 2.75) is 52.7 Å². The number of ether oxygens (including phenoxy) is 1. The van der Waals surface area contributed by atoms with Crippen LogP contribution < -0.4 is 5.73 Å². The highest BCUT2D eigenvalue weighted by Gasteiger charge is 2.25. The van der Waals surface area contributed by atoms with Crippen molar-refractivity contribution in [2.75, 3.05) is 6.54 Å². The molecular formula is C15H25NO. The summed E-state index contributed by atoms with van der Waals surface area (Å²) < 4.78 is 6.07. The first-order chi connectivity index (χ1) is 8.06. The summed E-state index contributed by atoms with van der Waals surface area (Å²) in [4.78, 5) is 0. The van der Waals surface area contributed by atoms with Gasteiger partial charge < -0.3 is 10.5 Å². The Morgan fingerprint density at radius 3 is 2.35 bits per heavy atom. The lowest BCUT2D eigenvalue weighted by Gasteiger charge is -2.30. The number of nitrogens with two attached hydrogens (primary N) is 1. The third-order valence-corrected chi connectivity index (χ3v) is 3.70. The van der Waals surface area contributed by atoms with Gasteiger partial charge in [0.15, 0.2) is 0 Å². The largest absolute Gasteiger partial charge is 0.369 e. The zero-order valence-electron chi connectivity index (χ0n) is 11.5. The molecule has 2 nitrogen and oxygen atoms in total. The molecule has 0 heterocycles. The second-order valence-corrected chi connectivity index (χ2v) is 4.81. The molecule has 0 unspecified atom stereocenters. The minimum absolute atomic E-state index is 0.157. The zero-order chi connectivity index (χ0) is 12.9. The van der Waals surface area contributed by atoms with Crippen LogP contribution in [-0.2, 0) is 11.3 Å². The van der Waals surface area contributed by atoms with E-state index in [-0.39, 0.29) is 5.60 Å². The van der Waals surface area contributed by atoms with E-state index >= 15 is 0 Å². The van der Waals surface area contributed by atoms with Crippen molar-refractivity contribution in [1.82, 2.24) is 0 Å². The zero-order valence-corrected chi connectivity index (χ0v) is 11.5. The van der Waals surface area contributed by atoms with E-state index in [1.54, 1.807) is 0 Å². The van der Waals surface area contributed by atoms with Crippen molar-refractivity contribution in [3.63, 3.8) is 0 Å². The molecule has 0 aliphatic heterocycles. The summed E-state index contributed by atoms with van der Waals surface area (Å²) in [6.45, 7) is 9.76. The molecule has 0 atom stereocenters. The van der Waals surface area contributed by atoms with Crippen LogP contribution in [0.1, 0.15) is 43.4 Å². The van der Waals surface area contributed by atoms with Crippen molar-refractivity contribution in [1.29, 1.82) is 0 Å². The lowest BCUT2D eigenvalue weighted by Crippen LogP contribution is -2.39. The molecule has 0 spiro atoms. The van der Waals surface area contributed by atoms with Crippen molar-refractivity contribution in [3.8, 4) is 0 Å². The van der Waals surface area contributed by atoms with Crippen LogP contribution in [0.25, 0.3) is 0 Å². The summed E-state index contributed by atoms with van der Waals surface area (Å²) in [6.07, 6.45) is 1.93. The van der Waals surface area contributed by atoms with Gasteiger partial charge in [0.2, 0.25) is 0 Å². The average Bonchev–Trinajstić information content (AvgIpc) is 2.35. The van der Waals surface area contributed by atoms with E-state index in [9.17, 15) is 0 Å². The molecule has 1 aromatic carbocycles. The van der Waals surface area contributed by atoms with Gasteiger partial charge in [-0.15, -0.1) is 0 Å². The van der Waals surface area contributed by atoms with E-state index < -0.39 is 0 Å². The van der Waals surface area contributed by atoms with E-state index in [1.807, 2.05) is 0 Å². The van der Waals surface area contributed by atoms with E-state index in [0.717, 1.165) is 12.8 Å². The van der Waals surface area contributed by atoms with Crippen LogP contribution in [0.3, 0.4) is 0 Å². The Bertz CT molecular complexity index is 348. The Hall–Kier alpha value is -0.860. The van der Waals surface area contributed by atoms with Crippen LogP contribution in [0.2, 0.25) is 0 Å². The fraction of sp³-hybridized carbons (Fsp3) is 0.600. The Morgan fingerprint density at radius 1 is 1.18 bits per heavy atom. The molecule has 0 aromatic heterocycles. The fourth-order valence-corrected chi connectivity index (χ4v) is 1.99. The van der Waals surface area contributed by atoms with Crippen molar-refractivity contribution in [3.05, 3.63) is 34.9 Å². The maximum Gasteiger partial charge on any atom is 0.0803 e. The average molecular weight is 235 g/mol. The first kappa shape index (κ1) is 14.2. The number of hydrogen-bond donors (Lipinski definition) is 1. The Kier molecular flexibility index (Phi) is 5.16. The van der Waals surface area contributed by atoms with Gasteiger partial charge in [0.1, 0.15) is 0 Å². The summed E-state index contributed by atoms with van der Waals surface area (Å²) in [7, 11) is 0. The molecule has 96 valence electrons. The fourth-order valence-electron chi connectivity index (χ4n) is 1.99. The summed E-state index contributed by atoms with van der Waals surface area (Å²) in [6, 6.07) is 6.48. The molecule has 0 bridgehead atoms. The van der Waals surface area contributed by atoms with Crippen LogP contribution in [0.4, 0.5) is 0 Å². The van der Waals surface area contributed by atoms with Gasteiger partial charge in [-0.25, -0.2) is 0 Å². The molecule has 1 rings (SSSR count). The third kappa shape index (κ3) is 3.55. The van der Waals surface area contributed by atoms with Crippen molar-refractivity contribution >= 4 is 0 Å². The normalized spacial score (nSPS) is 11.8. The minimum atomic E-state index is -0.157. The highest BCUT2D eigenvalue weighted by atomic mass is 16.5. The Balaban J connectivity index is 2.75. The number of rotatable bonds is 6. The van der Waals surface area contributed by atoms with Crippen LogP contribution in [0.5, 0.6) is 0 Å². The van der Waals surface area contributed by atoms with Gasteiger partial charge in [0, 0.05) is 6.54 Å². The maximum atomic E-state index is 6.07. The number of hydrogen-bond acceptors (Lipinski definition) is 2. The second-order valence-electron chi connectivity index (χ2n) is 4.81. The van der Waals surface area contributed by atoms with Crippen LogP contribution >= 0.6 is 0 Å². The van der Waals surface area contributed by atoms with Crippen molar-refractivity contribution in [2.24, 2.45) is 5.73 Å². The van der Waals surface area contributed by atoms with Crippen LogP contribution in [0, 0.1) is 13.8 Å². The van der Waals surface area contributed by atoms with Gasteiger partial charge in [0.25, 0.3) is 0 Å². The van der Waals surface area contributed by atoms with Gasteiger partial charge in [-0.05, 0) is 37.8 Å². The molecule has 2 heteroatoms. The second kappa shape index (κ2) is 6.18. The summed E-state index contributed by atoms with van der Waals surface area (Å²) in [5.74, 6) is 0. The Labute approximate surface area is 105 Å². The minimum Gasteiger partial charge on any atom is -0.369 e. The molecular weight excluding hydrogens is 210 g/mol. The molecule has 17 heavy (non-hydrogen) atoms. The molecule has 2 N–H and O–H groups in total. The van der Waals surface area contributed by atoms with Crippen molar-refractivity contribution < 1.29 is 4.74 Å². The third-order valence-electron chi connectivity index (χ3n) is 3.70. The Morgan fingerprint density at radius 2 is 1.82 bits per heavy atom. The van der Waals surface area contributed by atoms with Crippen LogP contribution in [-0.4, -0.2) is 12.1 Å². The predicted octanol–water partition coefficient (Wildman–Crippen LogP) is 3.34. The van der Waals surface area contributed by atoms with Gasteiger partial charge in [-0.1, -0.05) is 37.6 Å². The first-order valence-corrected chi connectivity index (χ1v) is 6.47. The van der Waals surface area contributed by atoms with E-state index in [4.69, 9.17) is 10.5 Å². The SMILES string of the molecule is CCC(CC)(CN)OCc1cc(C)ccc1C. The molecule has 0 saturated carbocycles. The summed E-state index contributed by atoms with van der Waals surface area (Å²) in [5, 5.41) is 0. The molecule has 0 amide bonds. The van der Waals surface area contributed by atoms with Gasteiger partial charge in [-0.3, -0.25) is 0 Å². The lowest BCUT2D eigenvalue weighted by molar-refractivity contribution is -0.0555. The van der Waals surface area contributed by atoms with E-state index in [0.29, 0.717) is 13.2 Å². The maximum absolute atomic E-state index is 6.07. The standard InChI is InChI=1S/C15H25NO/c1-5-15(6-2,11-16)17-10-14-9-12(3)7-8-13(14)4/h7-9H,5-6,10-11,16H2,1-4H3. The first-order valence-electron chi connectivity index (χ1n) is 6.47. The van der Waals surface area contributed by atoms with E-state index in [2.05, 4.69) is 45.9 Å². The van der Waals surface area contributed by atoms with Gasteiger partial charge >= 0.3 is 0 Å². The molecule has 1 aromatic rings. The smallest absolute Gasteiger partial charge is 0.0803 e. The number of aryl methyl sites for hydroxylation is 2. The molecule has 0 fully saturated rings. The summed E-state index contributed by atoms with van der Waals surface area (Å²) in [5.41, 5.74) is 9.51. The topological polar surface area (TPSA) is 35.2 Å². The van der Waals surface area contributed by atoms with Crippen LogP contribution in [0.15, 0.2) is 18.2 Å². The van der Waals surface area contributed by atoms with Gasteiger partial charge in [0.05, 0.1) is 12.2 Å². The van der Waals surface area contributed by atoms with E-state index in [1.165, 1.54) is 16.7 Å². The predicted molar refractivity (Wildman–Crippen MR) is 73.1 cm³/mol. The molecule has 0 aliphatic rings. The lowest BCUT2D eigenvalue weighted by atomic mass is 9.97. The molecule has 0 aliphatic carbocycles. The number of benzene rings is 1. The highest BCUT2D eigenvalue weighted by Crippen LogP contribution is 2.22. The summed E-state index contributed by atoms with van der Waals surface area (Å²) >= 11 is 0. The monoisotopic (exact) mass is 235 g/mol. The van der Waals surface area contributed by atoms with Gasteiger partial charge in [-0.2, -0.15) is 0 Å². The quantitative estimate of drug-likeness (QED) is 0.820. The molecule has 0 radical (unpaired) electrons.